The zero-order chi connectivity index (χ0) is 23.9. The van der Waals surface area contributed by atoms with Crippen molar-refractivity contribution in [2.75, 3.05) is 10.6 Å². The molecule has 7 nitrogen and oxygen atoms in total. The van der Waals surface area contributed by atoms with Crippen LogP contribution in [-0.4, -0.2) is 31.3 Å². The summed E-state index contributed by atoms with van der Waals surface area (Å²) >= 11 is 0. The van der Waals surface area contributed by atoms with Crippen LogP contribution in [0.25, 0.3) is 11.0 Å². The van der Waals surface area contributed by atoms with Gasteiger partial charge in [-0.3, -0.25) is 9.36 Å². The van der Waals surface area contributed by atoms with E-state index >= 15 is 0 Å². The van der Waals surface area contributed by atoms with Crippen molar-refractivity contribution in [1.82, 2.24) is 14.5 Å². The molecule has 3 N–H and O–H groups in total. The van der Waals surface area contributed by atoms with E-state index in [0.29, 0.717) is 30.7 Å². The summed E-state index contributed by atoms with van der Waals surface area (Å²) in [7, 11) is 0. The Hall–Kier alpha value is -3.07. The molecule has 2 aromatic heterocycles. The van der Waals surface area contributed by atoms with Crippen LogP contribution < -0.4 is 16.2 Å². The molecule has 33 heavy (non-hydrogen) atoms. The Morgan fingerprint density at radius 1 is 1.27 bits per heavy atom. The third-order valence-electron chi connectivity index (χ3n) is 6.15. The molecule has 1 aromatic carbocycles. The first-order chi connectivity index (χ1) is 15.6. The lowest BCUT2D eigenvalue weighted by atomic mass is 9.99. The van der Waals surface area contributed by atoms with Gasteiger partial charge in [-0.05, 0) is 76.8 Å². The molecular formula is C24H29F2N5O2. The number of rotatable bonds is 6. The van der Waals surface area contributed by atoms with E-state index in [0.717, 1.165) is 23.0 Å². The Bertz CT molecular complexity index is 1240. The number of hydrogen-bond donors (Lipinski definition) is 3. The number of benzene rings is 1. The van der Waals surface area contributed by atoms with Crippen LogP contribution in [0.5, 0.6) is 0 Å². The van der Waals surface area contributed by atoms with Gasteiger partial charge in [0, 0.05) is 29.0 Å². The van der Waals surface area contributed by atoms with E-state index in [9.17, 15) is 18.7 Å². The lowest BCUT2D eigenvalue weighted by molar-refractivity contribution is 0.0261. The quantitative estimate of drug-likeness (QED) is 0.478. The molecular weight excluding hydrogens is 428 g/mol. The molecule has 0 amide bonds. The predicted molar refractivity (Wildman–Crippen MR) is 125 cm³/mol. The van der Waals surface area contributed by atoms with E-state index in [4.69, 9.17) is 0 Å². The zero-order valence-corrected chi connectivity index (χ0v) is 19.2. The average molecular weight is 458 g/mol. The third kappa shape index (κ3) is 4.55. The van der Waals surface area contributed by atoms with Crippen LogP contribution in [0.15, 0.2) is 35.3 Å². The first-order valence-corrected chi connectivity index (χ1v) is 11.1. The zero-order valence-electron chi connectivity index (χ0n) is 19.2. The molecule has 0 bridgehead atoms. The van der Waals surface area contributed by atoms with Crippen LogP contribution in [0.3, 0.4) is 0 Å². The lowest BCUT2D eigenvalue weighted by Gasteiger charge is -2.28. The lowest BCUT2D eigenvalue weighted by Crippen LogP contribution is -2.38. The third-order valence-corrected chi connectivity index (χ3v) is 6.15. The van der Waals surface area contributed by atoms with Crippen LogP contribution in [-0.2, 0) is 0 Å². The number of aromatic nitrogens is 3. The number of halogens is 2. The summed E-state index contributed by atoms with van der Waals surface area (Å²) in [4.78, 5) is 21.8. The highest BCUT2D eigenvalue weighted by atomic mass is 19.3. The molecule has 176 valence electrons. The molecule has 0 aliphatic heterocycles. The van der Waals surface area contributed by atoms with Crippen molar-refractivity contribution in [3.63, 3.8) is 0 Å². The van der Waals surface area contributed by atoms with Gasteiger partial charge in [-0.2, -0.15) is 4.98 Å². The monoisotopic (exact) mass is 457 g/mol. The van der Waals surface area contributed by atoms with Crippen molar-refractivity contribution >= 4 is 28.4 Å². The summed E-state index contributed by atoms with van der Waals surface area (Å²) < 4.78 is 28.4. The maximum absolute atomic E-state index is 13.6. The summed E-state index contributed by atoms with van der Waals surface area (Å²) in [6.07, 6.45) is 0.177. The fourth-order valence-corrected chi connectivity index (χ4v) is 4.53. The first kappa shape index (κ1) is 23.1. The number of aryl methyl sites for hydroxylation is 1. The number of alkyl halides is 2. The van der Waals surface area contributed by atoms with E-state index in [2.05, 4.69) is 34.4 Å². The van der Waals surface area contributed by atoms with Crippen LogP contribution in [0.4, 0.5) is 26.1 Å². The van der Waals surface area contributed by atoms with Crippen LogP contribution in [0, 0.1) is 6.92 Å². The van der Waals surface area contributed by atoms with Gasteiger partial charge in [-0.1, -0.05) is 0 Å². The molecule has 1 aliphatic rings. The van der Waals surface area contributed by atoms with Gasteiger partial charge >= 0.3 is 0 Å². The highest BCUT2D eigenvalue weighted by Gasteiger charge is 2.40. The highest BCUT2D eigenvalue weighted by Crippen LogP contribution is 2.40. The number of anilines is 3. The molecule has 1 fully saturated rings. The van der Waals surface area contributed by atoms with Gasteiger partial charge in [0.25, 0.3) is 12.0 Å². The van der Waals surface area contributed by atoms with Gasteiger partial charge < -0.3 is 15.7 Å². The highest BCUT2D eigenvalue weighted by molar-refractivity contribution is 5.77. The van der Waals surface area contributed by atoms with Gasteiger partial charge in [0.2, 0.25) is 5.95 Å². The van der Waals surface area contributed by atoms with Crippen molar-refractivity contribution in [2.45, 2.75) is 71.1 Å². The van der Waals surface area contributed by atoms with Crippen molar-refractivity contribution < 1.29 is 13.9 Å². The second-order valence-corrected chi connectivity index (χ2v) is 9.27. The van der Waals surface area contributed by atoms with Gasteiger partial charge in [-0.15, -0.1) is 0 Å². The normalized spacial score (nSPS) is 20.7. The average Bonchev–Trinajstić information content (AvgIpc) is 3.07. The van der Waals surface area contributed by atoms with Crippen LogP contribution >= 0.6 is 0 Å². The Kier molecular flexibility index (Phi) is 6.09. The van der Waals surface area contributed by atoms with Crippen molar-refractivity contribution in [3.05, 3.63) is 51.9 Å². The molecule has 0 radical (unpaired) electrons. The van der Waals surface area contributed by atoms with E-state index < -0.39 is 29.2 Å². The predicted octanol–water partition coefficient (Wildman–Crippen LogP) is 5.08. The van der Waals surface area contributed by atoms with Crippen LogP contribution in [0.2, 0.25) is 0 Å². The molecule has 0 saturated heterocycles. The van der Waals surface area contributed by atoms with Crippen molar-refractivity contribution in [1.29, 1.82) is 0 Å². The topological polar surface area (TPSA) is 92.1 Å². The Labute approximate surface area is 190 Å². The molecule has 0 spiro atoms. The number of nitrogens with zero attached hydrogens (tertiary/aromatic N) is 3. The van der Waals surface area contributed by atoms with Gasteiger partial charge in [0.05, 0.1) is 17.2 Å². The molecule has 1 aliphatic carbocycles. The maximum Gasteiger partial charge on any atom is 0.269 e. The molecule has 2 atom stereocenters. The minimum absolute atomic E-state index is 0.227. The minimum Gasteiger partial charge on any atom is -0.388 e. The van der Waals surface area contributed by atoms with E-state index in [1.54, 1.807) is 6.92 Å². The fraction of sp³-hybridized carbons (Fsp3) is 0.458. The molecule has 2 heterocycles. The minimum atomic E-state index is -2.93. The molecule has 9 heteroatoms. The largest absolute Gasteiger partial charge is 0.388 e. The second-order valence-electron chi connectivity index (χ2n) is 9.27. The summed E-state index contributed by atoms with van der Waals surface area (Å²) in [5, 5.41) is 17.7. The Morgan fingerprint density at radius 3 is 2.64 bits per heavy atom. The van der Waals surface area contributed by atoms with E-state index in [1.807, 2.05) is 25.1 Å². The summed E-state index contributed by atoms with van der Waals surface area (Å²) in [6.45, 7) is 7.71. The SMILES string of the molecule is Cc1cc(NC(C)C)ccc1Nc1ncc2cc(C(F)F)c(=O)n([C@@H]3CCC[C@@]3(C)O)c2n1. The first-order valence-electron chi connectivity index (χ1n) is 11.1. The van der Waals surface area contributed by atoms with Gasteiger partial charge in [-0.25, -0.2) is 13.8 Å². The number of pyridine rings is 1. The molecule has 4 rings (SSSR count). The Morgan fingerprint density at radius 2 is 2.03 bits per heavy atom. The van der Waals surface area contributed by atoms with Crippen molar-refractivity contribution in [2.24, 2.45) is 0 Å². The molecule has 3 aromatic rings. The van der Waals surface area contributed by atoms with Crippen molar-refractivity contribution in [3.8, 4) is 0 Å². The fourth-order valence-electron chi connectivity index (χ4n) is 4.53. The maximum atomic E-state index is 13.6. The molecule has 1 saturated carbocycles. The van der Waals surface area contributed by atoms with E-state index in [-0.39, 0.29) is 11.6 Å². The van der Waals surface area contributed by atoms with E-state index in [1.165, 1.54) is 10.8 Å². The van der Waals surface area contributed by atoms with Crippen LogP contribution in [0.1, 0.15) is 63.6 Å². The van der Waals surface area contributed by atoms with Gasteiger partial charge in [0.1, 0.15) is 5.65 Å². The number of fused-ring (bicyclic) bond motifs is 1. The molecule has 0 unspecified atom stereocenters. The number of nitrogens with one attached hydrogen (secondary N) is 2. The summed E-state index contributed by atoms with van der Waals surface area (Å²) in [6, 6.07) is 6.65. The Balaban J connectivity index is 1.79. The second kappa shape index (κ2) is 8.70. The number of aliphatic hydroxyl groups is 1. The standard InChI is InChI=1S/C24H29F2N5O2/c1-13(2)28-16-7-8-18(14(3)10-16)29-23-27-12-15-11-17(20(25)26)22(32)31(21(15)30-23)19-6-5-9-24(19,4)33/h7-8,10-13,19-20,28,33H,5-6,9H2,1-4H3,(H,27,29,30)/t19-,24-/m1/s1. The van der Waals surface area contributed by atoms with Gasteiger partial charge in [0.15, 0.2) is 0 Å². The number of hydrogen-bond acceptors (Lipinski definition) is 6. The summed E-state index contributed by atoms with van der Waals surface area (Å²) in [5.74, 6) is 0.241. The smallest absolute Gasteiger partial charge is 0.269 e. The summed E-state index contributed by atoms with van der Waals surface area (Å²) in [5.41, 5.74) is 0.344.